The van der Waals surface area contributed by atoms with Crippen molar-refractivity contribution >= 4 is 5.91 Å². The predicted molar refractivity (Wildman–Crippen MR) is 59.0 cm³/mol. The van der Waals surface area contributed by atoms with E-state index in [0.29, 0.717) is 19.0 Å². The summed E-state index contributed by atoms with van der Waals surface area (Å²) in [4.78, 5) is 14.0. The smallest absolute Gasteiger partial charge is 0.225 e. The van der Waals surface area contributed by atoms with Crippen molar-refractivity contribution in [2.24, 2.45) is 5.92 Å². The number of amides is 1. The van der Waals surface area contributed by atoms with Crippen LogP contribution in [-0.2, 0) is 4.79 Å². The number of nitrogens with zero attached hydrogens (tertiary/aromatic N) is 2. The zero-order chi connectivity index (χ0) is 11.3. The van der Waals surface area contributed by atoms with Gasteiger partial charge in [0.25, 0.3) is 0 Å². The Morgan fingerprint density at radius 1 is 1.60 bits per heavy atom. The van der Waals surface area contributed by atoms with Gasteiger partial charge in [-0.15, -0.1) is 0 Å². The summed E-state index contributed by atoms with van der Waals surface area (Å²) >= 11 is 0. The Morgan fingerprint density at radius 2 is 2.27 bits per heavy atom. The van der Waals surface area contributed by atoms with Crippen LogP contribution in [0.3, 0.4) is 0 Å². The van der Waals surface area contributed by atoms with E-state index < -0.39 is 0 Å². The first kappa shape index (κ1) is 12.0. The monoisotopic (exact) mass is 208 g/mol. The quantitative estimate of drug-likeness (QED) is 0.672. The van der Waals surface area contributed by atoms with E-state index in [9.17, 15) is 4.79 Å². The molecule has 84 valence electrons. The number of carbonyl (C=O) groups excluding carboxylic acids is 1. The third-order valence-electron chi connectivity index (χ3n) is 2.88. The molecule has 1 unspecified atom stereocenters. The minimum atomic E-state index is 0.120. The Labute approximate surface area is 92.1 Å². The average Bonchev–Trinajstić information content (AvgIpc) is 3.02. The Balaban J connectivity index is 2.47. The van der Waals surface area contributed by atoms with Gasteiger partial charge in [0.15, 0.2) is 0 Å². The fraction of sp³-hybridized carbons (Fsp3) is 0.833. The van der Waals surface area contributed by atoms with Crippen LogP contribution < -0.4 is 0 Å². The van der Waals surface area contributed by atoms with Gasteiger partial charge < -0.3 is 4.90 Å². The molecule has 0 aromatic rings. The summed E-state index contributed by atoms with van der Waals surface area (Å²) in [5, 5.41) is 8.55. The molecule has 1 saturated carbocycles. The lowest BCUT2D eigenvalue weighted by Gasteiger charge is -2.24. The lowest BCUT2D eigenvalue weighted by molar-refractivity contribution is -0.135. The molecule has 1 atom stereocenters. The van der Waals surface area contributed by atoms with Gasteiger partial charge in [0.05, 0.1) is 12.5 Å². The highest BCUT2D eigenvalue weighted by Gasteiger charge is 2.33. The van der Waals surface area contributed by atoms with Crippen LogP contribution >= 0.6 is 0 Å². The minimum Gasteiger partial charge on any atom is -0.338 e. The average molecular weight is 208 g/mol. The van der Waals surface area contributed by atoms with E-state index in [1.807, 2.05) is 11.8 Å². The van der Waals surface area contributed by atoms with E-state index in [1.165, 1.54) is 0 Å². The second kappa shape index (κ2) is 5.75. The third-order valence-corrected chi connectivity index (χ3v) is 2.88. The molecular weight excluding hydrogens is 188 g/mol. The molecule has 15 heavy (non-hydrogen) atoms. The van der Waals surface area contributed by atoms with Gasteiger partial charge in [0.2, 0.25) is 5.91 Å². The minimum absolute atomic E-state index is 0.120. The maximum absolute atomic E-state index is 12.0. The molecule has 0 spiro atoms. The van der Waals surface area contributed by atoms with Crippen LogP contribution in [0.1, 0.15) is 46.0 Å². The molecule has 0 N–H and O–H groups in total. The number of hydrogen-bond acceptors (Lipinski definition) is 2. The van der Waals surface area contributed by atoms with E-state index in [2.05, 4.69) is 13.0 Å². The van der Waals surface area contributed by atoms with Gasteiger partial charge in [0.1, 0.15) is 0 Å². The van der Waals surface area contributed by atoms with Gasteiger partial charge in [-0.3, -0.25) is 4.79 Å². The highest BCUT2D eigenvalue weighted by Crippen LogP contribution is 2.28. The fourth-order valence-corrected chi connectivity index (χ4v) is 1.87. The molecule has 0 bridgehead atoms. The van der Waals surface area contributed by atoms with E-state index in [4.69, 9.17) is 5.26 Å². The molecule has 0 saturated heterocycles. The second-order valence-corrected chi connectivity index (χ2v) is 4.36. The SMILES string of the molecule is CCCC(C)C(=O)N(CCC#N)C1CC1. The van der Waals surface area contributed by atoms with E-state index in [1.54, 1.807) is 0 Å². The van der Waals surface area contributed by atoms with Crippen molar-refractivity contribution in [2.45, 2.75) is 52.0 Å². The molecule has 1 aliphatic rings. The molecule has 0 aromatic carbocycles. The van der Waals surface area contributed by atoms with Gasteiger partial charge in [-0.1, -0.05) is 20.3 Å². The molecule has 3 nitrogen and oxygen atoms in total. The standard InChI is InChI=1S/C12H20N2O/c1-3-5-10(2)12(15)14(9-4-8-13)11-6-7-11/h10-11H,3-7,9H2,1-2H3. The van der Waals surface area contributed by atoms with Crippen molar-refractivity contribution < 1.29 is 4.79 Å². The molecule has 3 heteroatoms. The molecule has 1 fully saturated rings. The van der Waals surface area contributed by atoms with Crippen LogP contribution in [0, 0.1) is 17.2 Å². The van der Waals surface area contributed by atoms with Crippen LogP contribution in [0.5, 0.6) is 0 Å². The molecule has 1 aliphatic carbocycles. The maximum Gasteiger partial charge on any atom is 0.225 e. The number of hydrogen-bond donors (Lipinski definition) is 0. The van der Waals surface area contributed by atoms with Crippen LogP contribution in [-0.4, -0.2) is 23.4 Å². The van der Waals surface area contributed by atoms with Crippen molar-refractivity contribution in [3.63, 3.8) is 0 Å². The van der Waals surface area contributed by atoms with Gasteiger partial charge in [-0.2, -0.15) is 5.26 Å². The zero-order valence-electron chi connectivity index (χ0n) is 9.70. The first-order valence-electron chi connectivity index (χ1n) is 5.88. The molecular formula is C12H20N2O. The largest absolute Gasteiger partial charge is 0.338 e. The van der Waals surface area contributed by atoms with E-state index >= 15 is 0 Å². The second-order valence-electron chi connectivity index (χ2n) is 4.36. The number of carbonyl (C=O) groups is 1. The molecule has 0 radical (unpaired) electrons. The summed E-state index contributed by atoms with van der Waals surface area (Å²) in [6.45, 7) is 4.71. The fourth-order valence-electron chi connectivity index (χ4n) is 1.87. The van der Waals surface area contributed by atoms with Gasteiger partial charge in [-0.05, 0) is 19.3 Å². The summed E-state index contributed by atoms with van der Waals surface area (Å²) in [7, 11) is 0. The first-order chi connectivity index (χ1) is 7.20. The van der Waals surface area contributed by atoms with Gasteiger partial charge in [0, 0.05) is 18.5 Å². The normalized spacial score (nSPS) is 16.9. The summed E-state index contributed by atoms with van der Waals surface area (Å²) in [5.74, 6) is 0.365. The zero-order valence-corrected chi connectivity index (χ0v) is 9.70. The summed E-state index contributed by atoms with van der Waals surface area (Å²) < 4.78 is 0. The van der Waals surface area contributed by atoms with E-state index in [-0.39, 0.29) is 11.8 Å². The van der Waals surface area contributed by atoms with Crippen molar-refractivity contribution in [1.82, 2.24) is 4.90 Å². The molecule has 1 amide bonds. The molecule has 0 aromatic heterocycles. The van der Waals surface area contributed by atoms with Crippen molar-refractivity contribution in [2.75, 3.05) is 6.54 Å². The first-order valence-corrected chi connectivity index (χ1v) is 5.88. The van der Waals surface area contributed by atoms with Gasteiger partial charge >= 0.3 is 0 Å². The highest BCUT2D eigenvalue weighted by atomic mass is 16.2. The predicted octanol–water partition coefficient (Wildman–Crippen LogP) is 2.33. The highest BCUT2D eigenvalue weighted by molar-refractivity contribution is 5.79. The summed E-state index contributed by atoms with van der Waals surface area (Å²) in [6.07, 6.45) is 4.70. The lowest BCUT2D eigenvalue weighted by Crippen LogP contribution is -2.37. The topological polar surface area (TPSA) is 44.1 Å². The Kier molecular flexibility index (Phi) is 4.61. The Bertz CT molecular complexity index is 253. The Morgan fingerprint density at radius 3 is 2.73 bits per heavy atom. The van der Waals surface area contributed by atoms with Crippen molar-refractivity contribution in [1.29, 1.82) is 5.26 Å². The third kappa shape index (κ3) is 3.54. The molecule has 0 aliphatic heterocycles. The van der Waals surface area contributed by atoms with Crippen LogP contribution in [0.25, 0.3) is 0 Å². The summed E-state index contributed by atoms with van der Waals surface area (Å²) in [5.41, 5.74) is 0. The molecule has 0 heterocycles. The van der Waals surface area contributed by atoms with Crippen LogP contribution in [0.4, 0.5) is 0 Å². The molecule has 1 rings (SSSR count). The lowest BCUT2D eigenvalue weighted by atomic mass is 10.0. The van der Waals surface area contributed by atoms with E-state index in [0.717, 1.165) is 25.7 Å². The van der Waals surface area contributed by atoms with Crippen molar-refractivity contribution in [3.8, 4) is 6.07 Å². The Hall–Kier alpha value is -1.04. The van der Waals surface area contributed by atoms with Crippen LogP contribution in [0.2, 0.25) is 0 Å². The van der Waals surface area contributed by atoms with Crippen LogP contribution in [0.15, 0.2) is 0 Å². The number of nitriles is 1. The van der Waals surface area contributed by atoms with Crippen molar-refractivity contribution in [3.05, 3.63) is 0 Å². The number of rotatable bonds is 6. The van der Waals surface area contributed by atoms with Gasteiger partial charge in [-0.25, -0.2) is 0 Å². The summed E-state index contributed by atoms with van der Waals surface area (Å²) in [6, 6.07) is 2.55. The maximum atomic E-state index is 12.0.